The van der Waals surface area contributed by atoms with Crippen molar-refractivity contribution in [2.45, 2.75) is 55.6 Å². The number of rotatable bonds is 7. The van der Waals surface area contributed by atoms with Gasteiger partial charge < -0.3 is 35.8 Å². The molecule has 25 heavy (non-hydrogen) atoms. The van der Waals surface area contributed by atoms with E-state index in [1.165, 1.54) is 20.8 Å². The molecule has 1 saturated heterocycles. The minimum atomic E-state index is -2.08. The average molecular weight is 381 g/mol. The summed E-state index contributed by atoms with van der Waals surface area (Å²) in [5, 5.41) is 43.6. The topological polar surface area (TPSA) is 178 Å². The molecule has 1 heterocycles. The maximum Gasteiger partial charge on any atom is 0.246 e. The van der Waals surface area contributed by atoms with Crippen LogP contribution in [0.3, 0.4) is 0 Å². The molecular weight excluding hydrogens is 358 g/mol. The number of hydrogen-bond donors (Lipinski definition) is 6. The van der Waals surface area contributed by atoms with Gasteiger partial charge in [0.25, 0.3) is 0 Å². The predicted octanol–water partition coefficient (Wildman–Crippen LogP) is -2.40. The van der Waals surface area contributed by atoms with Crippen molar-refractivity contribution < 1.29 is 34.8 Å². The van der Waals surface area contributed by atoms with E-state index in [-0.39, 0.29) is 0 Å². The Kier molecular flexibility index (Phi) is 7.28. The largest absolute Gasteiger partial charge is 0.391 e. The van der Waals surface area contributed by atoms with E-state index in [9.17, 15) is 34.9 Å². The van der Waals surface area contributed by atoms with Crippen LogP contribution in [0.15, 0.2) is 4.58 Å². The Bertz CT molecular complexity index is 520. The van der Waals surface area contributed by atoms with Crippen LogP contribution in [0.25, 0.3) is 0 Å². The first-order chi connectivity index (χ1) is 11.5. The summed E-state index contributed by atoms with van der Waals surface area (Å²) < 4.78 is 6.67. The van der Waals surface area contributed by atoms with Crippen molar-refractivity contribution >= 4 is 23.8 Å². The van der Waals surface area contributed by atoms with Crippen LogP contribution in [0.2, 0.25) is 0 Å². The summed E-state index contributed by atoms with van der Waals surface area (Å²) in [4.78, 5) is 34.6. The van der Waals surface area contributed by atoms with E-state index in [1.807, 2.05) is 0 Å². The third-order valence-corrected chi connectivity index (χ3v) is 4.64. The zero-order valence-electron chi connectivity index (χ0n) is 14.0. The first-order valence-electron chi connectivity index (χ1n) is 7.39. The molecule has 2 amide bonds. The van der Waals surface area contributed by atoms with Crippen molar-refractivity contribution in [1.82, 2.24) is 10.6 Å². The predicted molar refractivity (Wildman–Crippen MR) is 87.0 cm³/mol. The highest BCUT2D eigenvalue weighted by Gasteiger charge is 2.52. The SMILES string of the molecule is CC(=O)N[C@@H](C(=O)N[C@@]1(CO)OC[C@@H](O)[C@@H](O)[C@@H]1O)C(C)(C)SN=O. The number of aliphatic hydroxyl groups excluding tert-OH is 4. The normalized spacial score (nSPS) is 31.1. The summed E-state index contributed by atoms with van der Waals surface area (Å²) in [5.41, 5.74) is -2.08. The molecule has 0 unspecified atom stereocenters. The van der Waals surface area contributed by atoms with Gasteiger partial charge in [-0.1, -0.05) is 0 Å². The van der Waals surface area contributed by atoms with E-state index >= 15 is 0 Å². The van der Waals surface area contributed by atoms with Gasteiger partial charge in [-0.3, -0.25) is 9.59 Å². The molecule has 6 N–H and O–H groups in total. The summed E-state index contributed by atoms with van der Waals surface area (Å²) in [5.74, 6) is -1.44. The summed E-state index contributed by atoms with van der Waals surface area (Å²) >= 11 is 0.521. The first kappa shape index (κ1) is 21.7. The van der Waals surface area contributed by atoms with Gasteiger partial charge in [-0.2, -0.15) is 0 Å². The Morgan fingerprint density at radius 3 is 2.48 bits per heavy atom. The minimum absolute atomic E-state index is 0.447. The van der Waals surface area contributed by atoms with E-state index in [0.29, 0.717) is 11.9 Å². The van der Waals surface area contributed by atoms with Crippen molar-refractivity contribution in [3.05, 3.63) is 4.91 Å². The molecule has 0 aromatic carbocycles. The molecule has 1 aliphatic rings. The highest BCUT2D eigenvalue weighted by Crippen LogP contribution is 2.30. The molecular formula is C13H23N3O8S. The number of carbonyl (C=O) groups is 2. The van der Waals surface area contributed by atoms with Crippen molar-refractivity contribution in [3.63, 3.8) is 0 Å². The van der Waals surface area contributed by atoms with Gasteiger partial charge >= 0.3 is 0 Å². The van der Waals surface area contributed by atoms with Crippen LogP contribution in [0.5, 0.6) is 0 Å². The number of hydrogen-bond acceptors (Lipinski definition) is 10. The van der Waals surface area contributed by atoms with Crippen LogP contribution in [0, 0.1) is 4.91 Å². The number of nitroso groups, excluding NO2 is 1. The van der Waals surface area contributed by atoms with Gasteiger partial charge in [-0.15, -0.1) is 4.91 Å². The molecule has 0 radical (unpaired) electrons. The van der Waals surface area contributed by atoms with Crippen LogP contribution < -0.4 is 10.6 Å². The Labute approximate surface area is 148 Å². The van der Waals surface area contributed by atoms with Gasteiger partial charge in [-0.05, 0) is 13.8 Å². The summed E-state index contributed by atoms with van der Waals surface area (Å²) in [7, 11) is 0. The molecule has 144 valence electrons. The zero-order chi connectivity index (χ0) is 19.4. The molecule has 0 bridgehead atoms. The van der Waals surface area contributed by atoms with E-state index in [0.717, 1.165) is 0 Å². The van der Waals surface area contributed by atoms with Gasteiger partial charge in [0.2, 0.25) is 11.8 Å². The molecule has 12 heteroatoms. The first-order valence-corrected chi connectivity index (χ1v) is 8.17. The molecule has 1 aliphatic heterocycles. The number of carbonyl (C=O) groups excluding carboxylic acids is 2. The van der Waals surface area contributed by atoms with Gasteiger partial charge in [0.05, 0.1) is 18.0 Å². The zero-order valence-corrected chi connectivity index (χ0v) is 14.8. The summed E-state index contributed by atoms with van der Waals surface area (Å²) in [6.07, 6.45) is -4.90. The summed E-state index contributed by atoms with van der Waals surface area (Å²) in [6.45, 7) is 2.79. The van der Waals surface area contributed by atoms with Crippen LogP contribution in [0.1, 0.15) is 20.8 Å². The molecule has 0 aliphatic carbocycles. The molecule has 0 aromatic rings. The number of amides is 2. The lowest BCUT2D eigenvalue weighted by atomic mass is 9.93. The maximum atomic E-state index is 12.6. The third-order valence-electron chi connectivity index (χ3n) is 3.85. The molecule has 0 saturated carbocycles. The molecule has 1 rings (SSSR count). The number of nitrogens with zero attached hydrogens (tertiary/aromatic N) is 1. The van der Waals surface area contributed by atoms with E-state index in [1.54, 1.807) is 0 Å². The third kappa shape index (κ3) is 4.86. The monoisotopic (exact) mass is 381 g/mol. The lowest BCUT2D eigenvalue weighted by Gasteiger charge is -2.45. The second kappa shape index (κ2) is 8.38. The van der Waals surface area contributed by atoms with E-state index in [2.05, 4.69) is 15.2 Å². The Morgan fingerprint density at radius 2 is 2.00 bits per heavy atom. The fourth-order valence-corrected chi connectivity index (χ4v) is 2.84. The molecule has 0 spiro atoms. The van der Waals surface area contributed by atoms with Crippen LogP contribution in [-0.4, -0.2) is 80.3 Å². The Balaban J connectivity index is 3.08. The number of nitrogens with one attached hydrogen (secondary N) is 2. The van der Waals surface area contributed by atoms with Gasteiger partial charge in [0, 0.05) is 23.5 Å². The fourth-order valence-electron chi connectivity index (χ4n) is 2.38. The number of aliphatic hydroxyl groups is 4. The van der Waals surface area contributed by atoms with Crippen molar-refractivity contribution in [2.75, 3.05) is 13.2 Å². The highest BCUT2D eigenvalue weighted by molar-refractivity contribution is 7.99. The lowest BCUT2D eigenvalue weighted by Crippen LogP contribution is -2.72. The molecule has 0 aromatic heterocycles. The quantitative estimate of drug-likeness (QED) is 0.207. The van der Waals surface area contributed by atoms with Crippen molar-refractivity contribution in [2.24, 2.45) is 4.58 Å². The van der Waals surface area contributed by atoms with Gasteiger partial charge in [0.1, 0.15) is 24.4 Å². The van der Waals surface area contributed by atoms with Gasteiger partial charge in [-0.25, -0.2) is 0 Å². The smallest absolute Gasteiger partial charge is 0.246 e. The second-order valence-electron chi connectivity index (χ2n) is 6.25. The fraction of sp³-hybridized carbons (Fsp3) is 0.846. The van der Waals surface area contributed by atoms with E-state index in [4.69, 9.17) is 4.74 Å². The van der Waals surface area contributed by atoms with Crippen LogP contribution in [-0.2, 0) is 14.3 Å². The minimum Gasteiger partial charge on any atom is -0.391 e. The average Bonchev–Trinajstić information content (AvgIpc) is 2.53. The van der Waals surface area contributed by atoms with E-state index < -0.39 is 59.9 Å². The molecule has 1 fully saturated rings. The second-order valence-corrected chi connectivity index (χ2v) is 7.64. The summed E-state index contributed by atoms with van der Waals surface area (Å²) in [6, 6.07) is -1.27. The highest BCUT2D eigenvalue weighted by atomic mass is 32.2. The maximum absolute atomic E-state index is 12.6. The van der Waals surface area contributed by atoms with Crippen LogP contribution >= 0.6 is 11.9 Å². The number of ether oxygens (including phenoxy) is 1. The van der Waals surface area contributed by atoms with Gasteiger partial charge in [0.15, 0.2) is 5.72 Å². The Morgan fingerprint density at radius 1 is 1.40 bits per heavy atom. The van der Waals surface area contributed by atoms with Crippen molar-refractivity contribution in [3.8, 4) is 0 Å². The molecule has 11 nitrogen and oxygen atoms in total. The van der Waals surface area contributed by atoms with Crippen LogP contribution in [0.4, 0.5) is 0 Å². The van der Waals surface area contributed by atoms with Crippen molar-refractivity contribution in [1.29, 1.82) is 0 Å². The lowest BCUT2D eigenvalue weighted by molar-refractivity contribution is -0.257. The standard InChI is InChI=1S/C13H23N3O8S/c1-6(18)14-9(12(2,3)25-16-23)11(22)15-13(5-17)10(21)8(20)7(19)4-24-13/h7-10,17,19-21H,4-5H2,1-3H3,(H,14,18)(H,15,22)/t7-,8-,9+,10+,13+/m1/s1. The Hall–Kier alpha value is -1.31. The molecule has 5 atom stereocenters.